The van der Waals surface area contributed by atoms with Gasteiger partial charge in [0, 0.05) is 11.4 Å². The second-order valence-electron chi connectivity index (χ2n) is 5.23. The molecule has 2 nitrogen and oxygen atoms in total. The highest BCUT2D eigenvalue weighted by molar-refractivity contribution is 7.80. The lowest BCUT2D eigenvalue weighted by atomic mass is 9.92. The zero-order chi connectivity index (χ0) is 13.1. The SMILES string of the molecule is CC(C)(C)CCNC(=O)c1cc(S)ccc1Cl. The van der Waals surface area contributed by atoms with E-state index in [0.29, 0.717) is 17.1 Å². The molecule has 1 N–H and O–H groups in total. The molecule has 4 heteroatoms. The van der Waals surface area contributed by atoms with E-state index in [1.165, 1.54) is 0 Å². The Hall–Kier alpha value is -0.670. The first-order valence-corrected chi connectivity index (χ1v) is 6.39. The fourth-order valence-corrected chi connectivity index (χ4v) is 1.74. The maximum atomic E-state index is 11.9. The first-order chi connectivity index (χ1) is 7.79. The maximum absolute atomic E-state index is 11.9. The van der Waals surface area contributed by atoms with Gasteiger partial charge in [-0.25, -0.2) is 0 Å². The average Bonchev–Trinajstić information content (AvgIpc) is 2.19. The van der Waals surface area contributed by atoms with Crippen molar-refractivity contribution in [1.82, 2.24) is 5.32 Å². The Balaban J connectivity index is 2.61. The van der Waals surface area contributed by atoms with Crippen molar-refractivity contribution in [2.24, 2.45) is 5.41 Å². The Morgan fingerprint density at radius 3 is 2.65 bits per heavy atom. The first-order valence-electron chi connectivity index (χ1n) is 5.56. The molecular formula is C13H18ClNOS. The Labute approximate surface area is 113 Å². The van der Waals surface area contributed by atoms with Crippen LogP contribution in [0.3, 0.4) is 0 Å². The van der Waals surface area contributed by atoms with Crippen molar-refractivity contribution in [3.63, 3.8) is 0 Å². The van der Waals surface area contributed by atoms with E-state index in [0.717, 1.165) is 11.3 Å². The van der Waals surface area contributed by atoms with E-state index in [9.17, 15) is 4.79 Å². The van der Waals surface area contributed by atoms with Gasteiger partial charge in [0.05, 0.1) is 10.6 Å². The highest BCUT2D eigenvalue weighted by Crippen LogP contribution is 2.20. The van der Waals surface area contributed by atoms with E-state index in [1.54, 1.807) is 18.2 Å². The van der Waals surface area contributed by atoms with Crippen LogP contribution >= 0.6 is 24.2 Å². The molecule has 0 aliphatic carbocycles. The zero-order valence-corrected chi connectivity index (χ0v) is 12.0. The van der Waals surface area contributed by atoms with E-state index in [-0.39, 0.29) is 11.3 Å². The molecule has 1 rings (SSSR count). The average molecular weight is 272 g/mol. The van der Waals surface area contributed by atoms with Gasteiger partial charge in [0.15, 0.2) is 0 Å². The minimum atomic E-state index is -0.143. The molecule has 0 atom stereocenters. The quantitative estimate of drug-likeness (QED) is 0.805. The van der Waals surface area contributed by atoms with Gasteiger partial charge in [0.2, 0.25) is 0 Å². The summed E-state index contributed by atoms with van der Waals surface area (Å²) in [6.07, 6.45) is 0.928. The predicted octanol–water partition coefficient (Wildman–Crippen LogP) is 3.79. The molecule has 0 spiro atoms. The van der Waals surface area contributed by atoms with E-state index in [1.807, 2.05) is 0 Å². The Bertz CT molecular complexity index is 412. The summed E-state index contributed by atoms with van der Waals surface area (Å²) >= 11 is 10.2. The number of benzene rings is 1. The highest BCUT2D eigenvalue weighted by Gasteiger charge is 2.13. The summed E-state index contributed by atoms with van der Waals surface area (Å²) in [5.41, 5.74) is 0.690. The lowest BCUT2D eigenvalue weighted by Crippen LogP contribution is -2.27. The van der Waals surface area contributed by atoms with Crippen LogP contribution in [0.2, 0.25) is 5.02 Å². The van der Waals surface area contributed by atoms with E-state index < -0.39 is 0 Å². The van der Waals surface area contributed by atoms with Gasteiger partial charge in [-0.05, 0) is 30.0 Å². The van der Waals surface area contributed by atoms with Crippen LogP contribution in [0.1, 0.15) is 37.6 Å². The van der Waals surface area contributed by atoms with Crippen LogP contribution in [-0.4, -0.2) is 12.5 Å². The number of rotatable bonds is 3. The largest absolute Gasteiger partial charge is 0.352 e. The summed E-state index contributed by atoms with van der Waals surface area (Å²) in [4.78, 5) is 12.6. The Morgan fingerprint density at radius 2 is 2.06 bits per heavy atom. The van der Waals surface area contributed by atoms with Gasteiger partial charge in [0.25, 0.3) is 5.91 Å². The molecule has 0 radical (unpaired) electrons. The zero-order valence-electron chi connectivity index (χ0n) is 10.4. The second kappa shape index (κ2) is 5.78. The van der Waals surface area contributed by atoms with Crippen LogP contribution in [-0.2, 0) is 0 Å². The molecule has 0 aromatic heterocycles. The minimum absolute atomic E-state index is 0.143. The fraction of sp³-hybridized carbons (Fsp3) is 0.462. The third-order valence-electron chi connectivity index (χ3n) is 2.36. The highest BCUT2D eigenvalue weighted by atomic mass is 35.5. The molecule has 1 aromatic rings. The number of carbonyl (C=O) groups is 1. The monoisotopic (exact) mass is 271 g/mol. The first kappa shape index (κ1) is 14.4. The normalized spacial score (nSPS) is 11.4. The van der Waals surface area contributed by atoms with Gasteiger partial charge in [-0.2, -0.15) is 0 Å². The molecule has 0 heterocycles. The summed E-state index contributed by atoms with van der Waals surface area (Å²) in [6.45, 7) is 7.07. The van der Waals surface area contributed by atoms with Crippen LogP contribution in [0, 0.1) is 5.41 Å². The van der Waals surface area contributed by atoms with Crippen LogP contribution in [0.5, 0.6) is 0 Å². The number of nitrogens with one attached hydrogen (secondary N) is 1. The number of hydrogen-bond donors (Lipinski definition) is 2. The van der Waals surface area contributed by atoms with E-state index in [4.69, 9.17) is 11.6 Å². The van der Waals surface area contributed by atoms with Crippen molar-refractivity contribution in [3.8, 4) is 0 Å². The van der Waals surface area contributed by atoms with Crippen LogP contribution in [0.15, 0.2) is 23.1 Å². The lowest BCUT2D eigenvalue weighted by molar-refractivity contribution is 0.0949. The van der Waals surface area contributed by atoms with Crippen molar-refractivity contribution >= 4 is 30.1 Å². The van der Waals surface area contributed by atoms with Gasteiger partial charge in [-0.3, -0.25) is 4.79 Å². The summed E-state index contributed by atoms with van der Waals surface area (Å²) in [6, 6.07) is 5.12. The predicted molar refractivity (Wildman–Crippen MR) is 75.1 cm³/mol. The molecule has 17 heavy (non-hydrogen) atoms. The number of amides is 1. The van der Waals surface area contributed by atoms with Gasteiger partial charge >= 0.3 is 0 Å². The van der Waals surface area contributed by atoms with Gasteiger partial charge in [-0.15, -0.1) is 12.6 Å². The summed E-state index contributed by atoms with van der Waals surface area (Å²) in [5, 5.41) is 3.32. The third kappa shape index (κ3) is 5.00. The molecular weight excluding hydrogens is 254 g/mol. The molecule has 0 unspecified atom stereocenters. The third-order valence-corrected chi connectivity index (χ3v) is 2.96. The van der Waals surface area contributed by atoms with E-state index >= 15 is 0 Å². The fourth-order valence-electron chi connectivity index (χ4n) is 1.33. The van der Waals surface area contributed by atoms with Crippen molar-refractivity contribution < 1.29 is 4.79 Å². The molecule has 1 aromatic carbocycles. The number of halogens is 1. The summed E-state index contributed by atoms with van der Waals surface area (Å²) in [7, 11) is 0. The van der Waals surface area contributed by atoms with Crippen LogP contribution in [0.25, 0.3) is 0 Å². The van der Waals surface area contributed by atoms with Gasteiger partial charge in [-0.1, -0.05) is 32.4 Å². The molecule has 0 aliphatic heterocycles. The topological polar surface area (TPSA) is 29.1 Å². The Kier molecular flexibility index (Phi) is 4.90. The van der Waals surface area contributed by atoms with E-state index in [2.05, 4.69) is 38.7 Å². The molecule has 0 bridgehead atoms. The lowest BCUT2D eigenvalue weighted by Gasteiger charge is -2.18. The Morgan fingerprint density at radius 1 is 1.41 bits per heavy atom. The summed E-state index contributed by atoms with van der Waals surface area (Å²) < 4.78 is 0. The van der Waals surface area contributed by atoms with Crippen LogP contribution in [0.4, 0.5) is 0 Å². The number of hydrogen-bond acceptors (Lipinski definition) is 2. The van der Waals surface area contributed by atoms with Crippen molar-refractivity contribution in [3.05, 3.63) is 28.8 Å². The standard InChI is InChI=1S/C13H18ClNOS/c1-13(2,3)6-7-15-12(16)10-8-9(17)4-5-11(10)14/h4-5,8,17H,6-7H2,1-3H3,(H,15,16). The maximum Gasteiger partial charge on any atom is 0.252 e. The van der Waals surface area contributed by atoms with Crippen LogP contribution < -0.4 is 5.32 Å². The molecule has 0 fully saturated rings. The van der Waals surface area contributed by atoms with Gasteiger partial charge in [0.1, 0.15) is 0 Å². The van der Waals surface area contributed by atoms with Crippen molar-refractivity contribution in [2.45, 2.75) is 32.1 Å². The second-order valence-corrected chi connectivity index (χ2v) is 6.15. The van der Waals surface area contributed by atoms with Crippen molar-refractivity contribution in [1.29, 1.82) is 0 Å². The molecule has 94 valence electrons. The van der Waals surface area contributed by atoms with Gasteiger partial charge < -0.3 is 5.32 Å². The summed E-state index contributed by atoms with van der Waals surface area (Å²) in [5.74, 6) is -0.143. The smallest absolute Gasteiger partial charge is 0.252 e. The molecule has 0 saturated heterocycles. The molecule has 1 amide bonds. The number of thiol groups is 1. The molecule has 0 saturated carbocycles. The molecule has 0 aliphatic rings. The van der Waals surface area contributed by atoms with Crippen molar-refractivity contribution in [2.75, 3.05) is 6.54 Å². The number of carbonyl (C=O) groups excluding carboxylic acids is 1. The minimum Gasteiger partial charge on any atom is -0.352 e.